The molecular formula is C19H24N4O6. The standard InChI is InChI=1S/C17H20N4O4.C2H4O2/c1-10-19-14-9-21(8-13(14)16(22)20-10)17(23)12-4-3-11(24-2)7-15(12)25-6-5-18;1-2(3)4/h3-4,7H,5-6,8-9,18H2,1-2H3,(H,19,20,22);1H3,(H,3,4). The Kier molecular flexibility index (Phi) is 7.32. The van der Waals surface area contributed by atoms with Crippen molar-refractivity contribution in [2.45, 2.75) is 26.9 Å². The first-order valence-electron chi connectivity index (χ1n) is 8.85. The van der Waals surface area contributed by atoms with Crippen LogP contribution in [0.3, 0.4) is 0 Å². The third-order valence-corrected chi connectivity index (χ3v) is 3.99. The number of aromatic nitrogens is 2. The van der Waals surface area contributed by atoms with Crippen LogP contribution in [0.5, 0.6) is 11.5 Å². The predicted molar refractivity (Wildman–Crippen MR) is 104 cm³/mol. The van der Waals surface area contributed by atoms with Crippen molar-refractivity contribution in [2.24, 2.45) is 5.73 Å². The van der Waals surface area contributed by atoms with Crippen LogP contribution < -0.4 is 20.8 Å². The largest absolute Gasteiger partial charge is 0.497 e. The van der Waals surface area contributed by atoms with Crippen LogP contribution in [-0.2, 0) is 17.9 Å². The van der Waals surface area contributed by atoms with Gasteiger partial charge in [-0.3, -0.25) is 14.4 Å². The van der Waals surface area contributed by atoms with E-state index in [0.717, 1.165) is 6.92 Å². The van der Waals surface area contributed by atoms with E-state index >= 15 is 0 Å². The highest BCUT2D eigenvalue weighted by atomic mass is 16.5. The number of benzene rings is 1. The van der Waals surface area contributed by atoms with Crippen LogP contribution in [-0.4, -0.2) is 52.1 Å². The van der Waals surface area contributed by atoms with Gasteiger partial charge in [0.1, 0.15) is 23.9 Å². The molecule has 29 heavy (non-hydrogen) atoms. The number of aromatic amines is 1. The molecule has 0 saturated heterocycles. The van der Waals surface area contributed by atoms with Crippen molar-refractivity contribution < 1.29 is 24.2 Å². The lowest BCUT2D eigenvalue weighted by molar-refractivity contribution is -0.134. The highest BCUT2D eigenvalue weighted by Gasteiger charge is 2.29. The van der Waals surface area contributed by atoms with E-state index in [4.69, 9.17) is 25.1 Å². The summed E-state index contributed by atoms with van der Waals surface area (Å²) in [7, 11) is 1.54. The van der Waals surface area contributed by atoms with E-state index in [1.54, 1.807) is 37.1 Å². The van der Waals surface area contributed by atoms with Gasteiger partial charge in [0.2, 0.25) is 0 Å². The normalized spacial score (nSPS) is 11.9. The summed E-state index contributed by atoms with van der Waals surface area (Å²) in [6, 6.07) is 5.00. The maximum atomic E-state index is 12.9. The van der Waals surface area contributed by atoms with Gasteiger partial charge in [-0.1, -0.05) is 0 Å². The number of carboxylic acid groups (broad SMARTS) is 1. The zero-order valence-electron chi connectivity index (χ0n) is 16.5. The fraction of sp³-hybridized carbons (Fsp3) is 0.368. The number of carboxylic acids is 1. The first kappa shape index (κ1) is 21.9. The van der Waals surface area contributed by atoms with Gasteiger partial charge in [0.15, 0.2) is 0 Å². The van der Waals surface area contributed by atoms with Crippen LogP contribution in [0.15, 0.2) is 23.0 Å². The van der Waals surface area contributed by atoms with E-state index in [-0.39, 0.29) is 24.6 Å². The molecule has 0 spiro atoms. The quantitative estimate of drug-likeness (QED) is 0.659. The number of fused-ring (bicyclic) bond motifs is 1. The Morgan fingerprint density at radius 2 is 2.03 bits per heavy atom. The zero-order valence-corrected chi connectivity index (χ0v) is 16.5. The third kappa shape index (κ3) is 5.55. The van der Waals surface area contributed by atoms with Gasteiger partial charge in [-0.25, -0.2) is 4.98 Å². The lowest BCUT2D eigenvalue weighted by Crippen LogP contribution is -2.27. The molecule has 0 aliphatic carbocycles. The number of carbonyl (C=O) groups is 2. The molecule has 0 fully saturated rings. The molecule has 1 aliphatic rings. The van der Waals surface area contributed by atoms with E-state index < -0.39 is 5.97 Å². The summed E-state index contributed by atoms with van der Waals surface area (Å²) in [5, 5.41) is 7.42. The second-order valence-electron chi connectivity index (χ2n) is 6.26. The molecule has 1 aromatic heterocycles. The number of nitrogens with zero attached hydrogens (tertiary/aromatic N) is 2. The SMILES string of the molecule is CC(=O)O.COc1ccc(C(=O)N2Cc3nc(C)[nH]c(=O)c3C2)c(OCCN)c1. The summed E-state index contributed by atoms with van der Waals surface area (Å²) in [5.74, 6) is 0.463. The highest BCUT2D eigenvalue weighted by molar-refractivity contribution is 5.97. The van der Waals surface area contributed by atoms with E-state index in [9.17, 15) is 9.59 Å². The highest BCUT2D eigenvalue weighted by Crippen LogP contribution is 2.28. The van der Waals surface area contributed by atoms with E-state index in [0.29, 0.717) is 47.2 Å². The average Bonchev–Trinajstić information content (AvgIpc) is 3.09. The summed E-state index contributed by atoms with van der Waals surface area (Å²) in [6.07, 6.45) is 0. The molecule has 1 aromatic carbocycles. The van der Waals surface area contributed by atoms with Crippen molar-refractivity contribution >= 4 is 11.9 Å². The Bertz CT molecular complexity index is 952. The molecule has 1 amide bonds. The maximum absolute atomic E-state index is 12.9. The van der Waals surface area contributed by atoms with Gasteiger partial charge in [0, 0.05) is 19.5 Å². The molecule has 2 aromatic rings. The molecular weight excluding hydrogens is 380 g/mol. The van der Waals surface area contributed by atoms with Crippen molar-refractivity contribution in [3.63, 3.8) is 0 Å². The molecule has 2 heterocycles. The summed E-state index contributed by atoms with van der Waals surface area (Å²) < 4.78 is 10.8. The monoisotopic (exact) mass is 404 g/mol. The van der Waals surface area contributed by atoms with Crippen LogP contribution in [0.4, 0.5) is 0 Å². The number of ether oxygens (including phenoxy) is 2. The zero-order chi connectivity index (χ0) is 21.6. The van der Waals surface area contributed by atoms with Crippen LogP contribution in [0.25, 0.3) is 0 Å². The number of aliphatic carboxylic acids is 1. The molecule has 0 bridgehead atoms. The second-order valence-corrected chi connectivity index (χ2v) is 6.26. The fourth-order valence-corrected chi connectivity index (χ4v) is 2.80. The summed E-state index contributed by atoms with van der Waals surface area (Å²) in [4.78, 5) is 42.5. The lowest BCUT2D eigenvalue weighted by atomic mass is 10.1. The fourth-order valence-electron chi connectivity index (χ4n) is 2.80. The maximum Gasteiger partial charge on any atom is 0.300 e. The molecule has 1 aliphatic heterocycles. The topological polar surface area (TPSA) is 148 Å². The van der Waals surface area contributed by atoms with Gasteiger partial charge in [0.25, 0.3) is 17.4 Å². The third-order valence-electron chi connectivity index (χ3n) is 3.99. The van der Waals surface area contributed by atoms with Crippen molar-refractivity contribution in [1.29, 1.82) is 0 Å². The molecule has 3 rings (SSSR count). The van der Waals surface area contributed by atoms with Crippen molar-refractivity contribution in [3.05, 3.63) is 51.2 Å². The van der Waals surface area contributed by atoms with Crippen molar-refractivity contribution in [2.75, 3.05) is 20.3 Å². The van der Waals surface area contributed by atoms with E-state index in [1.165, 1.54) is 0 Å². The minimum absolute atomic E-state index is 0.202. The number of aryl methyl sites for hydroxylation is 1. The number of nitrogens with two attached hydrogens (primary N) is 1. The van der Waals surface area contributed by atoms with Crippen LogP contribution in [0.2, 0.25) is 0 Å². The van der Waals surface area contributed by atoms with Gasteiger partial charge in [0.05, 0.1) is 37.0 Å². The Labute approximate surface area is 167 Å². The van der Waals surface area contributed by atoms with Gasteiger partial charge < -0.3 is 30.2 Å². The predicted octanol–water partition coefficient (Wildman–Crippen LogP) is 0.671. The Morgan fingerprint density at radius 1 is 1.34 bits per heavy atom. The number of H-pyrrole nitrogens is 1. The van der Waals surface area contributed by atoms with Crippen LogP contribution in [0.1, 0.15) is 34.4 Å². The first-order chi connectivity index (χ1) is 13.8. The number of methoxy groups -OCH3 is 1. The van der Waals surface area contributed by atoms with Crippen LogP contribution >= 0.6 is 0 Å². The molecule has 4 N–H and O–H groups in total. The average molecular weight is 404 g/mol. The number of nitrogens with one attached hydrogen (secondary N) is 1. The number of hydrogen-bond donors (Lipinski definition) is 3. The minimum atomic E-state index is -0.833. The van der Waals surface area contributed by atoms with Crippen molar-refractivity contribution in [3.8, 4) is 11.5 Å². The molecule has 0 radical (unpaired) electrons. The van der Waals surface area contributed by atoms with Crippen LogP contribution in [0, 0.1) is 6.92 Å². The Balaban J connectivity index is 0.000000687. The molecule has 0 atom stereocenters. The van der Waals surface area contributed by atoms with E-state index in [1.807, 2.05) is 0 Å². The second kappa shape index (κ2) is 9.69. The number of amides is 1. The molecule has 156 valence electrons. The van der Waals surface area contributed by atoms with Gasteiger partial charge >= 0.3 is 0 Å². The van der Waals surface area contributed by atoms with Gasteiger partial charge in [-0.2, -0.15) is 0 Å². The molecule has 0 unspecified atom stereocenters. The summed E-state index contributed by atoms with van der Waals surface area (Å²) >= 11 is 0. The Morgan fingerprint density at radius 3 is 2.66 bits per heavy atom. The minimum Gasteiger partial charge on any atom is -0.497 e. The molecule has 10 heteroatoms. The Hall–Kier alpha value is -3.40. The summed E-state index contributed by atoms with van der Waals surface area (Å²) in [5.41, 5.74) is 6.84. The van der Waals surface area contributed by atoms with Gasteiger partial charge in [-0.15, -0.1) is 0 Å². The molecule has 0 saturated carbocycles. The number of carbonyl (C=O) groups excluding carboxylic acids is 1. The number of hydrogen-bond acceptors (Lipinski definition) is 7. The van der Waals surface area contributed by atoms with E-state index in [2.05, 4.69) is 9.97 Å². The summed E-state index contributed by atoms with van der Waals surface area (Å²) in [6.45, 7) is 3.93. The lowest BCUT2D eigenvalue weighted by Gasteiger charge is -2.18. The van der Waals surface area contributed by atoms with Crippen molar-refractivity contribution in [1.82, 2.24) is 14.9 Å². The smallest absolute Gasteiger partial charge is 0.300 e. The van der Waals surface area contributed by atoms with Gasteiger partial charge in [-0.05, 0) is 19.1 Å². The first-order valence-corrected chi connectivity index (χ1v) is 8.85. The number of rotatable bonds is 5. The molecule has 10 nitrogen and oxygen atoms in total.